The number of hydrogen-bond acceptors (Lipinski definition) is 7. The number of thiophene rings is 1. The molecule has 0 N–H and O–H groups in total. The molecular weight excluding hydrogens is 384 g/mol. The lowest BCUT2D eigenvalue weighted by Crippen LogP contribution is -2.36. The molecule has 1 aliphatic heterocycles. The standard InChI is InChI=1S/C21H20N6OS/c28-19-11-18(16-1-6-22-7-2-16)25-14-27(19)12-15-3-8-26(9-4-15)21-20-17(5-10-29-20)23-13-24-21/h1-2,5-7,10-11,13-15H,3-4,8-9,12H2. The first-order chi connectivity index (χ1) is 14.3. The highest BCUT2D eigenvalue weighted by Gasteiger charge is 2.22. The van der Waals surface area contributed by atoms with Gasteiger partial charge in [0.15, 0.2) is 0 Å². The molecule has 0 bridgehead atoms. The van der Waals surface area contributed by atoms with Crippen LogP contribution in [-0.4, -0.2) is 37.6 Å². The van der Waals surface area contributed by atoms with Crippen molar-refractivity contribution in [1.29, 1.82) is 0 Å². The Morgan fingerprint density at radius 2 is 1.90 bits per heavy atom. The highest BCUT2D eigenvalue weighted by atomic mass is 32.1. The minimum atomic E-state index is -0.00895. The van der Waals surface area contributed by atoms with Crippen LogP contribution in [0.25, 0.3) is 21.5 Å². The molecule has 0 aromatic carbocycles. The maximum absolute atomic E-state index is 12.6. The Morgan fingerprint density at radius 1 is 1.07 bits per heavy atom. The van der Waals surface area contributed by atoms with E-state index in [9.17, 15) is 4.79 Å². The van der Waals surface area contributed by atoms with E-state index in [1.54, 1.807) is 47.0 Å². The van der Waals surface area contributed by atoms with Gasteiger partial charge in [0.25, 0.3) is 5.56 Å². The fourth-order valence-electron chi connectivity index (χ4n) is 3.85. The lowest BCUT2D eigenvalue weighted by atomic mass is 9.96. The van der Waals surface area contributed by atoms with Crippen molar-refractivity contribution in [1.82, 2.24) is 24.5 Å². The van der Waals surface area contributed by atoms with Crippen molar-refractivity contribution in [3.63, 3.8) is 0 Å². The first kappa shape index (κ1) is 17.9. The van der Waals surface area contributed by atoms with Gasteiger partial charge >= 0.3 is 0 Å². The van der Waals surface area contributed by atoms with Gasteiger partial charge in [-0.2, -0.15) is 0 Å². The lowest BCUT2D eigenvalue weighted by molar-refractivity contribution is 0.350. The van der Waals surface area contributed by atoms with Crippen molar-refractivity contribution < 1.29 is 0 Å². The number of fused-ring (bicyclic) bond motifs is 1. The summed E-state index contributed by atoms with van der Waals surface area (Å²) in [5, 5.41) is 2.06. The molecule has 5 rings (SSSR count). The quantitative estimate of drug-likeness (QED) is 0.520. The van der Waals surface area contributed by atoms with E-state index in [1.165, 1.54) is 0 Å². The highest BCUT2D eigenvalue weighted by molar-refractivity contribution is 7.17. The third-order valence-electron chi connectivity index (χ3n) is 5.45. The van der Waals surface area contributed by atoms with Gasteiger partial charge in [-0.05, 0) is 42.3 Å². The van der Waals surface area contributed by atoms with Crippen LogP contribution in [-0.2, 0) is 6.54 Å². The smallest absolute Gasteiger partial charge is 0.253 e. The number of hydrogen-bond donors (Lipinski definition) is 0. The van der Waals surface area contributed by atoms with Gasteiger partial charge in [-0.1, -0.05) is 0 Å². The van der Waals surface area contributed by atoms with Gasteiger partial charge in [-0.15, -0.1) is 11.3 Å². The van der Waals surface area contributed by atoms with Gasteiger partial charge < -0.3 is 4.90 Å². The van der Waals surface area contributed by atoms with Crippen molar-refractivity contribution in [3.05, 3.63) is 65.0 Å². The average Bonchev–Trinajstić information content (AvgIpc) is 3.25. The molecule has 4 aromatic heterocycles. The minimum Gasteiger partial charge on any atom is -0.355 e. The van der Waals surface area contributed by atoms with E-state index in [0.717, 1.165) is 47.5 Å². The van der Waals surface area contributed by atoms with E-state index >= 15 is 0 Å². The molecule has 0 radical (unpaired) electrons. The number of pyridine rings is 1. The lowest BCUT2D eigenvalue weighted by Gasteiger charge is -2.33. The third kappa shape index (κ3) is 3.63. The Kier molecular flexibility index (Phi) is 4.77. The topological polar surface area (TPSA) is 76.8 Å². The molecule has 8 heteroatoms. The summed E-state index contributed by atoms with van der Waals surface area (Å²) < 4.78 is 2.88. The number of rotatable bonds is 4. The SMILES string of the molecule is O=c1cc(-c2ccncc2)ncn1CC1CCN(c2ncnc3ccsc23)CC1. The van der Waals surface area contributed by atoms with Crippen LogP contribution in [0.3, 0.4) is 0 Å². The number of nitrogens with zero attached hydrogens (tertiary/aromatic N) is 6. The van der Waals surface area contributed by atoms with Gasteiger partial charge in [0, 0.05) is 43.7 Å². The first-order valence-electron chi connectivity index (χ1n) is 9.68. The molecule has 0 saturated carbocycles. The number of anilines is 1. The van der Waals surface area contributed by atoms with E-state index in [4.69, 9.17) is 0 Å². The van der Waals surface area contributed by atoms with E-state index < -0.39 is 0 Å². The van der Waals surface area contributed by atoms with Crippen LogP contribution in [0.2, 0.25) is 0 Å². The third-order valence-corrected chi connectivity index (χ3v) is 6.35. The molecule has 5 heterocycles. The van der Waals surface area contributed by atoms with E-state index in [0.29, 0.717) is 18.2 Å². The molecule has 146 valence electrons. The predicted molar refractivity (Wildman–Crippen MR) is 114 cm³/mol. The van der Waals surface area contributed by atoms with Crippen LogP contribution in [0.4, 0.5) is 5.82 Å². The molecule has 7 nitrogen and oxygen atoms in total. The molecule has 29 heavy (non-hydrogen) atoms. The molecule has 0 amide bonds. The average molecular weight is 404 g/mol. The fraction of sp³-hybridized carbons (Fsp3) is 0.286. The maximum atomic E-state index is 12.6. The minimum absolute atomic E-state index is 0.00895. The Balaban J connectivity index is 1.26. The molecule has 0 spiro atoms. The van der Waals surface area contributed by atoms with Crippen LogP contribution < -0.4 is 10.5 Å². The first-order valence-corrected chi connectivity index (χ1v) is 10.6. The summed E-state index contributed by atoms with van der Waals surface area (Å²) in [7, 11) is 0. The zero-order valence-corrected chi connectivity index (χ0v) is 16.6. The summed E-state index contributed by atoms with van der Waals surface area (Å²) in [5.74, 6) is 1.49. The Hall–Kier alpha value is -3.13. The van der Waals surface area contributed by atoms with Crippen molar-refractivity contribution in [2.24, 2.45) is 5.92 Å². The molecule has 4 aromatic rings. The summed E-state index contributed by atoms with van der Waals surface area (Å²) in [5.41, 5.74) is 2.59. The zero-order chi connectivity index (χ0) is 19.6. The normalized spacial score (nSPS) is 15.1. The van der Waals surface area contributed by atoms with Gasteiger partial charge in [-0.25, -0.2) is 15.0 Å². The number of piperidine rings is 1. The summed E-state index contributed by atoms with van der Waals surface area (Å²) >= 11 is 1.69. The van der Waals surface area contributed by atoms with Gasteiger partial charge in [0.05, 0.1) is 22.2 Å². The van der Waals surface area contributed by atoms with Gasteiger partial charge in [-0.3, -0.25) is 14.3 Å². The Bertz CT molecular complexity index is 1180. The van der Waals surface area contributed by atoms with Crippen LogP contribution >= 0.6 is 11.3 Å². The Labute approximate surface area is 171 Å². The van der Waals surface area contributed by atoms with Crippen molar-refractivity contribution >= 4 is 27.4 Å². The summed E-state index contributed by atoms with van der Waals surface area (Å²) in [6.45, 7) is 2.58. The largest absolute Gasteiger partial charge is 0.355 e. The number of aromatic nitrogens is 5. The maximum Gasteiger partial charge on any atom is 0.253 e. The van der Waals surface area contributed by atoms with Crippen molar-refractivity contribution in [3.8, 4) is 11.3 Å². The van der Waals surface area contributed by atoms with Gasteiger partial charge in [0.1, 0.15) is 12.1 Å². The van der Waals surface area contributed by atoms with Crippen LogP contribution in [0.15, 0.2) is 59.5 Å². The molecule has 1 aliphatic rings. The second-order valence-electron chi connectivity index (χ2n) is 7.26. The van der Waals surface area contributed by atoms with Crippen LogP contribution in [0.1, 0.15) is 12.8 Å². The molecule has 1 fully saturated rings. The molecule has 0 aliphatic carbocycles. The Morgan fingerprint density at radius 3 is 2.69 bits per heavy atom. The predicted octanol–water partition coefficient (Wildman–Crippen LogP) is 3.23. The summed E-state index contributed by atoms with van der Waals surface area (Å²) in [6.07, 6.45) is 8.77. The summed E-state index contributed by atoms with van der Waals surface area (Å²) in [4.78, 5) is 32.2. The van der Waals surface area contributed by atoms with E-state index in [-0.39, 0.29) is 5.56 Å². The highest BCUT2D eigenvalue weighted by Crippen LogP contribution is 2.31. The molecule has 0 atom stereocenters. The van der Waals surface area contributed by atoms with Crippen molar-refractivity contribution in [2.45, 2.75) is 19.4 Å². The molecular formula is C21H20N6OS. The van der Waals surface area contributed by atoms with Gasteiger partial charge in [0.2, 0.25) is 0 Å². The summed E-state index contributed by atoms with van der Waals surface area (Å²) in [6, 6.07) is 7.37. The molecule has 0 unspecified atom stereocenters. The monoisotopic (exact) mass is 404 g/mol. The van der Waals surface area contributed by atoms with E-state index in [1.807, 2.05) is 18.2 Å². The van der Waals surface area contributed by atoms with Crippen LogP contribution in [0, 0.1) is 5.92 Å². The van der Waals surface area contributed by atoms with Crippen molar-refractivity contribution in [2.75, 3.05) is 18.0 Å². The van der Waals surface area contributed by atoms with Crippen LogP contribution in [0.5, 0.6) is 0 Å². The zero-order valence-electron chi connectivity index (χ0n) is 15.8. The van der Waals surface area contributed by atoms with E-state index in [2.05, 4.69) is 30.2 Å². The fourth-order valence-corrected chi connectivity index (χ4v) is 4.71. The second-order valence-corrected chi connectivity index (χ2v) is 8.18. The molecule has 1 saturated heterocycles. The second kappa shape index (κ2) is 7.71.